The average Bonchev–Trinajstić information content (AvgIpc) is 2.92. The summed E-state index contributed by atoms with van der Waals surface area (Å²) >= 11 is 0. The lowest BCUT2D eigenvalue weighted by Crippen LogP contribution is -2.19. The van der Waals surface area contributed by atoms with Crippen LogP contribution < -0.4 is 14.2 Å². The number of hydrogen-bond donors (Lipinski definition) is 2. The fourth-order valence-corrected chi connectivity index (χ4v) is 6.13. The Kier molecular flexibility index (Phi) is 8.78. The zero-order chi connectivity index (χ0) is 33.4. The molecule has 0 heterocycles. The lowest BCUT2D eigenvalue weighted by atomic mass is 9.98. The SMILES string of the molecule is O=S(=O)(Nc1ccc(-c2ccccc2C(F)(F)F)cc1NS(=O)(=O)c1cccc(C(F)(F)F)c1)c1ccc(OC(F)(F)F)cc1. The molecule has 0 aliphatic rings. The van der Waals surface area contributed by atoms with Crippen LogP contribution in [0.4, 0.5) is 50.9 Å². The van der Waals surface area contributed by atoms with E-state index in [1.54, 1.807) is 0 Å². The van der Waals surface area contributed by atoms with Crippen molar-refractivity contribution in [3.63, 3.8) is 0 Å². The lowest BCUT2D eigenvalue weighted by molar-refractivity contribution is -0.274. The Bertz CT molecular complexity index is 1920. The first-order valence-electron chi connectivity index (χ1n) is 12.1. The van der Waals surface area contributed by atoms with Crippen molar-refractivity contribution in [2.24, 2.45) is 0 Å². The van der Waals surface area contributed by atoms with Crippen LogP contribution in [0.15, 0.2) is 101 Å². The summed E-state index contributed by atoms with van der Waals surface area (Å²) in [6.07, 6.45) is -14.9. The predicted octanol–water partition coefficient (Wildman–Crippen LogP) is 7.89. The monoisotopic (exact) mass is 684 g/mol. The Hall–Kier alpha value is -4.45. The number of hydrogen-bond acceptors (Lipinski definition) is 5. The highest BCUT2D eigenvalue weighted by atomic mass is 32.2. The first kappa shape index (κ1) is 33.4. The highest BCUT2D eigenvalue weighted by Gasteiger charge is 2.35. The Morgan fingerprint density at radius 2 is 1.16 bits per heavy atom. The fraction of sp³-hybridized carbons (Fsp3) is 0.111. The van der Waals surface area contributed by atoms with Gasteiger partial charge in [-0.1, -0.05) is 30.3 Å². The van der Waals surface area contributed by atoms with Gasteiger partial charge in [-0.25, -0.2) is 16.8 Å². The molecule has 0 atom stereocenters. The van der Waals surface area contributed by atoms with Gasteiger partial charge in [-0.3, -0.25) is 9.44 Å². The van der Waals surface area contributed by atoms with Crippen LogP contribution in [-0.2, 0) is 32.4 Å². The number of halogens is 9. The molecule has 0 amide bonds. The van der Waals surface area contributed by atoms with Gasteiger partial charge < -0.3 is 4.74 Å². The van der Waals surface area contributed by atoms with E-state index in [9.17, 15) is 56.3 Å². The minimum atomic E-state index is -5.07. The van der Waals surface area contributed by atoms with Gasteiger partial charge in [0.05, 0.1) is 32.3 Å². The summed E-state index contributed by atoms with van der Waals surface area (Å²) in [6.45, 7) is 0. The molecule has 4 aromatic carbocycles. The maximum atomic E-state index is 13.7. The molecular formula is C27H17F9N2O5S2. The molecule has 4 rings (SSSR count). The first-order valence-corrected chi connectivity index (χ1v) is 15.0. The van der Waals surface area contributed by atoms with Crippen molar-refractivity contribution >= 4 is 31.4 Å². The quantitative estimate of drug-likeness (QED) is 0.184. The molecule has 2 N–H and O–H groups in total. The molecular weight excluding hydrogens is 667 g/mol. The van der Waals surface area contributed by atoms with Crippen molar-refractivity contribution < 1.29 is 61.1 Å². The van der Waals surface area contributed by atoms with Crippen molar-refractivity contribution in [1.82, 2.24) is 0 Å². The van der Waals surface area contributed by atoms with Gasteiger partial charge in [-0.05, 0) is 71.8 Å². The third-order valence-electron chi connectivity index (χ3n) is 5.89. The van der Waals surface area contributed by atoms with Gasteiger partial charge in [0.1, 0.15) is 5.75 Å². The lowest BCUT2D eigenvalue weighted by Gasteiger charge is -2.18. The molecule has 0 fully saturated rings. The average molecular weight is 685 g/mol. The van der Waals surface area contributed by atoms with Crippen LogP contribution in [0.3, 0.4) is 0 Å². The maximum absolute atomic E-state index is 13.7. The van der Waals surface area contributed by atoms with E-state index in [1.807, 2.05) is 9.44 Å². The zero-order valence-electron chi connectivity index (χ0n) is 21.9. The Labute approximate surface area is 249 Å². The van der Waals surface area contributed by atoms with Crippen molar-refractivity contribution in [1.29, 1.82) is 0 Å². The topological polar surface area (TPSA) is 102 Å². The second-order valence-electron chi connectivity index (χ2n) is 9.06. The molecule has 0 spiro atoms. The van der Waals surface area contributed by atoms with E-state index in [-0.39, 0.29) is 5.56 Å². The van der Waals surface area contributed by atoms with Crippen LogP contribution in [0.25, 0.3) is 11.1 Å². The predicted molar refractivity (Wildman–Crippen MR) is 143 cm³/mol. The smallest absolute Gasteiger partial charge is 0.406 e. The number of ether oxygens (including phenoxy) is 1. The summed E-state index contributed by atoms with van der Waals surface area (Å²) in [6, 6.07) is 12.2. The highest BCUT2D eigenvalue weighted by Crippen LogP contribution is 2.40. The molecule has 0 unspecified atom stereocenters. The highest BCUT2D eigenvalue weighted by molar-refractivity contribution is 7.93. The minimum Gasteiger partial charge on any atom is -0.406 e. The van der Waals surface area contributed by atoms with Gasteiger partial charge in [0.2, 0.25) is 0 Å². The second-order valence-corrected chi connectivity index (χ2v) is 12.4. The van der Waals surface area contributed by atoms with Gasteiger partial charge in [-0.15, -0.1) is 13.2 Å². The molecule has 0 radical (unpaired) electrons. The van der Waals surface area contributed by atoms with Crippen molar-refractivity contribution in [2.45, 2.75) is 28.5 Å². The van der Waals surface area contributed by atoms with Crippen molar-refractivity contribution in [2.75, 3.05) is 9.44 Å². The van der Waals surface area contributed by atoms with Crippen LogP contribution >= 0.6 is 0 Å². The number of alkyl halides is 9. The molecule has 0 aliphatic heterocycles. The number of anilines is 2. The van der Waals surface area contributed by atoms with E-state index in [2.05, 4.69) is 4.74 Å². The standard InChI is InChI=1S/C27H17F9N2O5S2/c28-25(29,30)17-4-3-5-20(15-17)45(41,42)38-24-14-16(21-6-1-2-7-22(21)26(31,32)33)8-13-23(24)37-44(39,40)19-11-9-18(10-12-19)43-27(34,35)36/h1-15,37-38H. The molecule has 0 aromatic heterocycles. The molecule has 0 aliphatic carbocycles. The number of nitrogens with one attached hydrogen (secondary N) is 2. The summed E-state index contributed by atoms with van der Waals surface area (Å²) in [5.41, 5.74) is -4.46. The molecule has 0 bridgehead atoms. The number of benzene rings is 4. The Morgan fingerprint density at radius 3 is 1.76 bits per heavy atom. The summed E-state index contributed by atoms with van der Waals surface area (Å²) < 4.78 is 178. The van der Waals surface area contributed by atoms with Crippen molar-refractivity contribution in [3.05, 3.63) is 102 Å². The van der Waals surface area contributed by atoms with E-state index < -0.39 is 82.4 Å². The molecule has 4 aromatic rings. The number of sulfonamides is 2. The van der Waals surface area contributed by atoms with Crippen LogP contribution in [-0.4, -0.2) is 23.2 Å². The van der Waals surface area contributed by atoms with Crippen LogP contribution in [0.1, 0.15) is 11.1 Å². The van der Waals surface area contributed by atoms with Crippen LogP contribution in [0, 0.1) is 0 Å². The van der Waals surface area contributed by atoms with Gasteiger partial charge in [0.25, 0.3) is 20.0 Å². The Balaban J connectivity index is 1.80. The fourth-order valence-electron chi connectivity index (χ4n) is 3.93. The largest absolute Gasteiger partial charge is 0.573 e. The maximum Gasteiger partial charge on any atom is 0.573 e. The van der Waals surface area contributed by atoms with E-state index in [0.29, 0.717) is 24.3 Å². The molecule has 7 nitrogen and oxygen atoms in total. The molecule has 45 heavy (non-hydrogen) atoms. The van der Waals surface area contributed by atoms with Crippen LogP contribution in [0.5, 0.6) is 5.75 Å². The van der Waals surface area contributed by atoms with Gasteiger partial charge in [0.15, 0.2) is 0 Å². The van der Waals surface area contributed by atoms with E-state index in [1.165, 1.54) is 6.07 Å². The summed E-state index contributed by atoms with van der Waals surface area (Å²) in [5.74, 6) is -0.760. The first-order chi connectivity index (χ1) is 20.7. The molecule has 18 heteroatoms. The van der Waals surface area contributed by atoms with Gasteiger partial charge in [0, 0.05) is 0 Å². The minimum absolute atomic E-state index is 0.263. The molecule has 240 valence electrons. The normalized spacial score (nSPS) is 12.9. The van der Waals surface area contributed by atoms with Crippen LogP contribution in [0.2, 0.25) is 0 Å². The van der Waals surface area contributed by atoms with Gasteiger partial charge >= 0.3 is 18.7 Å². The van der Waals surface area contributed by atoms with E-state index in [0.717, 1.165) is 60.7 Å². The Morgan fingerprint density at radius 1 is 0.556 bits per heavy atom. The van der Waals surface area contributed by atoms with E-state index in [4.69, 9.17) is 0 Å². The van der Waals surface area contributed by atoms with E-state index >= 15 is 0 Å². The number of rotatable bonds is 8. The summed E-state index contributed by atoms with van der Waals surface area (Å²) in [7, 11) is -9.63. The van der Waals surface area contributed by atoms with Crippen molar-refractivity contribution in [3.8, 4) is 16.9 Å². The zero-order valence-corrected chi connectivity index (χ0v) is 23.6. The molecule has 0 saturated heterocycles. The second kappa shape index (κ2) is 11.8. The van der Waals surface area contributed by atoms with Gasteiger partial charge in [-0.2, -0.15) is 26.3 Å². The third-order valence-corrected chi connectivity index (χ3v) is 8.64. The molecule has 0 saturated carbocycles. The summed E-state index contributed by atoms with van der Waals surface area (Å²) in [5, 5.41) is 0. The summed E-state index contributed by atoms with van der Waals surface area (Å²) in [4.78, 5) is -1.54. The third kappa shape index (κ3) is 8.18.